The number of alkyl halides is 3. The summed E-state index contributed by atoms with van der Waals surface area (Å²) >= 11 is 18.0. The van der Waals surface area contributed by atoms with E-state index in [0.717, 1.165) is 11.1 Å². The molecule has 0 radical (unpaired) electrons. The Labute approximate surface area is 150 Å². The van der Waals surface area contributed by atoms with E-state index in [1.54, 1.807) is 29.8 Å². The van der Waals surface area contributed by atoms with Crippen LogP contribution in [0.15, 0.2) is 48.8 Å². The number of aryl methyl sites for hydroxylation is 1. The highest BCUT2D eigenvalue weighted by Gasteiger charge is 2.37. The molecule has 0 fully saturated rings. The normalized spacial score (nSPS) is 12.7. The smallest absolute Gasteiger partial charge is 0.262 e. The number of benzene rings is 1. The van der Waals surface area contributed by atoms with Crippen molar-refractivity contribution in [2.75, 3.05) is 0 Å². The van der Waals surface area contributed by atoms with Crippen molar-refractivity contribution < 1.29 is 10.1 Å². The van der Waals surface area contributed by atoms with Crippen molar-refractivity contribution in [2.45, 2.75) is 23.4 Å². The van der Waals surface area contributed by atoms with Crippen LogP contribution in [-0.2, 0) is 6.54 Å². The second-order valence-electron chi connectivity index (χ2n) is 5.11. The first kappa shape index (κ1) is 18.0. The van der Waals surface area contributed by atoms with Gasteiger partial charge in [0, 0.05) is 23.5 Å². The number of carbonyl (C=O) groups is 1. The number of amides is 1. The molecule has 3 N–H and O–H groups in total. The van der Waals surface area contributed by atoms with E-state index in [-0.39, 0.29) is 5.91 Å². The van der Waals surface area contributed by atoms with Crippen LogP contribution in [0.5, 0.6) is 0 Å². The molecule has 1 atom stereocenters. The van der Waals surface area contributed by atoms with Crippen LogP contribution < -0.4 is 10.6 Å². The van der Waals surface area contributed by atoms with Gasteiger partial charge in [0.15, 0.2) is 0 Å². The molecule has 0 saturated heterocycles. The monoisotopic (exact) mass is 372 g/mol. The Morgan fingerprint density at radius 1 is 1.26 bits per heavy atom. The average molecular weight is 374 g/mol. The predicted octanol–water partition coefficient (Wildman–Crippen LogP) is 2.58. The van der Waals surface area contributed by atoms with E-state index in [2.05, 4.69) is 10.3 Å². The molecule has 1 heterocycles. The van der Waals surface area contributed by atoms with Crippen LogP contribution in [0.25, 0.3) is 0 Å². The van der Waals surface area contributed by atoms with Gasteiger partial charge in [0.1, 0.15) is 6.54 Å². The molecular weight excluding hydrogens is 357 g/mol. The van der Waals surface area contributed by atoms with Crippen LogP contribution in [0.4, 0.5) is 0 Å². The van der Waals surface area contributed by atoms with Crippen molar-refractivity contribution in [3.8, 4) is 0 Å². The molecule has 0 bridgehead atoms. The van der Waals surface area contributed by atoms with Crippen molar-refractivity contribution in [1.82, 2.24) is 10.3 Å². The van der Waals surface area contributed by atoms with E-state index in [9.17, 15) is 4.79 Å². The SMILES string of the molecule is Cc1ccccc1C(=O)N[C@H]([NH2+]Cc1cccnc1)C(Cl)(Cl)Cl. The van der Waals surface area contributed by atoms with Gasteiger partial charge in [-0.05, 0) is 24.6 Å². The molecule has 1 aromatic heterocycles. The lowest BCUT2D eigenvalue weighted by Gasteiger charge is -2.23. The van der Waals surface area contributed by atoms with Gasteiger partial charge in [-0.2, -0.15) is 0 Å². The largest absolute Gasteiger partial charge is 0.319 e. The van der Waals surface area contributed by atoms with Gasteiger partial charge >= 0.3 is 0 Å². The Morgan fingerprint density at radius 3 is 2.61 bits per heavy atom. The third-order valence-corrected chi connectivity index (χ3v) is 4.05. The van der Waals surface area contributed by atoms with E-state index >= 15 is 0 Å². The number of hydrogen-bond acceptors (Lipinski definition) is 2. The molecule has 0 aliphatic heterocycles. The number of nitrogens with two attached hydrogens (primary N) is 1. The van der Waals surface area contributed by atoms with E-state index in [4.69, 9.17) is 34.8 Å². The minimum atomic E-state index is -1.64. The summed E-state index contributed by atoms with van der Waals surface area (Å²) in [5.41, 5.74) is 2.39. The minimum Gasteiger partial charge on any atom is -0.319 e. The molecule has 2 aromatic rings. The number of halogens is 3. The molecule has 2 rings (SSSR count). The highest BCUT2D eigenvalue weighted by atomic mass is 35.6. The zero-order valence-corrected chi connectivity index (χ0v) is 14.7. The van der Waals surface area contributed by atoms with E-state index in [1.165, 1.54) is 0 Å². The van der Waals surface area contributed by atoms with Crippen LogP contribution in [0.1, 0.15) is 21.5 Å². The summed E-state index contributed by atoms with van der Waals surface area (Å²) in [5, 5.41) is 4.54. The number of nitrogens with one attached hydrogen (secondary N) is 1. The summed E-state index contributed by atoms with van der Waals surface area (Å²) in [7, 11) is 0. The number of nitrogens with zero attached hydrogens (tertiary/aromatic N) is 1. The van der Waals surface area contributed by atoms with Crippen LogP contribution in [-0.4, -0.2) is 20.8 Å². The summed E-state index contributed by atoms with van der Waals surface area (Å²) < 4.78 is -1.64. The molecular formula is C16H17Cl3N3O+. The lowest BCUT2D eigenvalue weighted by molar-refractivity contribution is -0.706. The molecule has 0 aliphatic rings. The molecule has 7 heteroatoms. The van der Waals surface area contributed by atoms with Crippen molar-refractivity contribution in [2.24, 2.45) is 0 Å². The topological polar surface area (TPSA) is 58.6 Å². The summed E-state index contributed by atoms with van der Waals surface area (Å²) in [6.07, 6.45) is 2.70. The van der Waals surface area contributed by atoms with Gasteiger partial charge in [0.25, 0.3) is 9.70 Å². The number of quaternary nitrogens is 1. The molecule has 23 heavy (non-hydrogen) atoms. The van der Waals surface area contributed by atoms with Gasteiger partial charge in [-0.15, -0.1) is 0 Å². The van der Waals surface area contributed by atoms with E-state index < -0.39 is 9.96 Å². The summed E-state index contributed by atoms with van der Waals surface area (Å²) in [4.78, 5) is 16.5. The fraction of sp³-hybridized carbons (Fsp3) is 0.250. The second kappa shape index (κ2) is 7.97. The van der Waals surface area contributed by atoms with Crippen molar-refractivity contribution in [3.63, 3.8) is 0 Å². The lowest BCUT2D eigenvalue weighted by Crippen LogP contribution is -2.95. The first-order valence-electron chi connectivity index (χ1n) is 7.03. The maximum atomic E-state index is 12.4. The molecule has 4 nitrogen and oxygen atoms in total. The Hall–Kier alpha value is -1.33. The van der Waals surface area contributed by atoms with Crippen molar-refractivity contribution in [1.29, 1.82) is 0 Å². The summed E-state index contributed by atoms with van der Waals surface area (Å²) in [5.74, 6) is -0.276. The van der Waals surface area contributed by atoms with Crippen molar-refractivity contribution >= 4 is 40.7 Å². The average Bonchev–Trinajstić information content (AvgIpc) is 2.51. The quantitative estimate of drug-likeness (QED) is 0.625. The minimum absolute atomic E-state index is 0.276. The third kappa shape index (κ3) is 5.36. The number of rotatable bonds is 5. The van der Waals surface area contributed by atoms with Crippen LogP contribution in [0.2, 0.25) is 0 Å². The zero-order valence-electron chi connectivity index (χ0n) is 12.5. The van der Waals surface area contributed by atoms with Gasteiger partial charge in [0.05, 0.1) is 0 Å². The van der Waals surface area contributed by atoms with Gasteiger partial charge in [-0.3, -0.25) is 15.1 Å². The van der Waals surface area contributed by atoms with Gasteiger partial charge < -0.3 is 5.32 Å². The molecule has 122 valence electrons. The van der Waals surface area contributed by atoms with Crippen LogP contribution >= 0.6 is 34.8 Å². The lowest BCUT2D eigenvalue weighted by atomic mass is 10.1. The Kier molecular flexibility index (Phi) is 6.25. The number of aromatic nitrogens is 1. The van der Waals surface area contributed by atoms with E-state index in [0.29, 0.717) is 12.1 Å². The molecule has 0 spiro atoms. The van der Waals surface area contributed by atoms with Crippen LogP contribution in [0, 0.1) is 6.92 Å². The molecule has 1 amide bonds. The number of pyridine rings is 1. The number of carbonyl (C=O) groups excluding carboxylic acids is 1. The third-order valence-electron chi connectivity index (χ3n) is 3.34. The molecule has 0 saturated carbocycles. The maximum Gasteiger partial charge on any atom is 0.262 e. The predicted molar refractivity (Wildman–Crippen MR) is 92.6 cm³/mol. The fourth-order valence-electron chi connectivity index (χ4n) is 2.09. The van der Waals surface area contributed by atoms with E-state index in [1.807, 2.05) is 31.2 Å². The molecule has 1 aromatic carbocycles. The first-order valence-corrected chi connectivity index (χ1v) is 8.17. The van der Waals surface area contributed by atoms with Crippen LogP contribution in [0.3, 0.4) is 0 Å². The number of hydrogen-bond donors (Lipinski definition) is 2. The Bertz CT molecular complexity index is 659. The Balaban J connectivity index is 2.07. The van der Waals surface area contributed by atoms with Gasteiger partial charge in [-0.25, -0.2) is 0 Å². The maximum absolute atomic E-state index is 12.4. The van der Waals surface area contributed by atoms with Gasteiger partial charge in [-0.1, -0.05) is 59.1 Å². The summed E-state index contributed by atoms with van der Waals surface area (Å²) in [6, 6.07) is 11.0. The fourth-order valence-corrected chi connectivity index (χ4v) is 2.52. The molecule has 0 aliphatic carbocycles. The second-order valence-corrected chi connectivity index (χ2v) is 7.48. The van der Waals surface area contributed by atoms with Gasteiger partial charge in [0.2, 0.25) is 6.17 Å². The first-order chi connectivity index (χ1) is 10.9. The molecule has 0 unspecified atom stereocenters. The zero-order chi connectivity index (χ0) is 16.9. The highest BCUT2D eigenvalue weighted by molar-refractivity contribution is 6.68. The Morgan fingerprint density at radius 2 is 2.00 bits per heavy atom. The van der Waals surface area contributed by atoms with Crippen molar-refractivity contribution in [3.05, 3.63) is 65.5 Å². The summed E-state index contributed by atoms with van der Waals surface area (Å²) in [6.45, 7) is 2.39. The standard InChI is InChI=1S/C16H16Cl3N3O/c1-11-5-2-3-7-13(11)14(23)22-15(16(17,18)19)21-10-12-6-4-8-20-9-12/h2-9,15,21H,10H2,1H3,(H,22,23)/p+1/t15-/m0/s1. The highest BCUT2D eigenvalue weighted by Crippen LogP contribution is 2.27.